The normalized spacial score (nSPS) is 12.8. The van der Waals surface area contributed by atoms with Crippen LogP contribution in [0.15, 0.2) is 97.3 Å². The van der Waals surface area contributed by atoms with E-state index in [1.807, 2.05) is 54.6 Å². The van der Waals surface area contributed by atoms with Crippen molar-refractivity contribution in [1.82, 2.24) is 4.98 Å². The van der Waals surface area contributed by atoms with Gasteiger partial charge in [0.15, 0.2) is 5.78 Å². The van der Waals surface area contributed by atoms with Gasteiger partial charge in [-0.2, -0.15) is 11.8 Å². The number of nitrogens with zero attached hydrogens (tertiary/aromatic N) is 1. The minimum absolute atomic E-state index is 0.0626. The summed E-state index contributed by atoms with van der Waals surface area (Å²) in [5, 5.41) is 13.9. The van der Waals surface area contributed by atoms with Crippen LogP contribution >= 0.6 is 11.8 Å². The SMILES string of the molecule is N[C@@H](CSCC(C(=O)c1ccc(C=CC(=O)Nc2ccc3cnccc3c2)cc1)c1ccccc1)C(=O)O. The van der Waals surface area contributed by atoms with Gasteiger partial charge < -0.3 is 16.2 Å². The van der Waals surface area contributed by atoms with E-state index in [1.165, 1.54) is 17.8 Å². The fourth-order valence-corrected chi connectivity index (χ4v) is 4.98. The molecule has 0 saturated carbocycles. The minimum Gasteiger partial charge on any atom is -0.480 e. The Morgan fingerprint density at radius 2 is 1.71 bits per heavy atom. The summed E-state index contributed by atoms with van der Waals surface area (Å²) in [5.74, 6) is -1.20. The molecule has 192 valence electrons. The Kier molecular flexibility index (Phi) is 9.02. The number of benzene rings is 3. The maximum absolute atomic E-state index is 13.4. The molecule has 1 amide bonds. The van der Waals surface area contributed by atoms with Crippen LogP contribution in [0.3, 0.4) is 0 Å². The number of rotatable bonds is 11. The first-order valence-electron chi connectivity index (χ1n) is 12.0. The Hall–Kier alpha value is -4.27. The summed E-state index contributed by atoms with van der Waals surface area (Å²) in [5.41, 5.74) is 8.48. The zero-order valence-corrected chi connectivity index (χ0v) is 21.3. The zero-order valence-electron chi connectivity index (χ0n) is 20.5. The number of pyridine rings is 1. The van der Waals surface area contributed by atoms with Crippen LogP contribution in [0, 0.1) is 0 Å². The summed E-state index contributed by atoms with van der Waals surface area (Å²) in [4.78, 5) is 40.9. The first-order chi connectivity index (χ1) is 18.4. The number of nitrogens with one attached hydrogen (secondary N) is 1. The van der Waals surface area contributed by atoms with Crippen LogP contribution in [-0.2, 0) is 9.59 Å². The fraction of sp³-hybridized carbons (Fsp3) is 0.133. The lowest BCUT2D eigenvalue weighted by atomic mass is 9.92. The molecule has 4 aromatic rings. The van der Waals surface area contributed by atoms with Gasteiger partial charge in [-0.15, -0.1) is 0 Å². The lowest BCUT2D eigenvalue weighted by molar-refractivity contribution is -0.137. The summed E-state index contributed by atoms with van der Waals surface area (Å²) in [6.07, 6.45) is 6.61. The van der Waals surface area contributed by atoms with Crippen molar-refractivity contribution in [2.24, 2.45) is 5.73 Å². The number of carboxylic acids is 1. The second-order valence-corrected chi connectivity index (χ2v) is 9.77. The van der Waals surface area contributed by atoms with Crippen molar-refractivity contribution in [1.29, 1.82) is 0 Å². The third-order valence-corrected chi connectivity index (χ3v) is 7.11. The second kappa shape index (κ2) is 12.8. The minimum atomic E-state index is -1.06. The van der Waals surface area contributed by atoms with Crippen molar-refractivity contribution in [3.8, 4) is 0 Å². The highest BCUT2D eigenvalue weighted by Crippen LogP contribution is 2.26. The Morgan fingerprint density at radius 1 is 0.947 bits per heavy atom. The maximum atomic E-state index is 13.4. The van der Waals surface area contributed by atoms with E-state index in [1.54, 1.807) is 42.7 Å². The molecule has 0 aliphatic heterocycles. The third-order valence-electron chi connectivity index (χ3n) is 5.95. The lowest BCUT2D eigenvalue weighted by Crippen LogP contribution is -2.32. The van der Waals surface area contributed by atoms with Crippen LogP contribution in [0.2, 0.25) is 0 Å². The van der Waals surface area contributed by atoms with Crippen LogP contribution < -0.4 is 11.1 Å². The standard InChI is InChI=1S/C30H27N3O4S/c31-27(30(36)37)19-38-18-26(21-4-2-1-3-5-21)29(35)22-9-6-20(7-10-22)8-13-28(34)33-25-12-11-24-17-32-15-14-23(24)16-25/h1-17,26-27H,18-19,31H2,(H,33,34)(H,36,37)/t26?,27-/m0/s1. The number of hydrogen-bond donors (Lipinski definition) is 3. The molecule has 1 aromatic heterocycles. The second-order valence-electron chi connectivity index (χ2n) is 8.69. The number of nitrogens with two attached hydrogens (primary N) is 1. The van der Waals surface area contributed by atoms with E-state index in [-0.39, 0.29) is 17.4 Å². The molecule has 3 aromatic carbocycles. The van der Waals surface area contributed by atoms with E-state index in [0.29, 0.717) is 17.0 Å². The molecule has 0 saturated heterocycles. The third kappa shape index (κ3) is 7.15. The first-order valence-corrected chi connectivity index (χ1v) is 13.1. The molecule has 1 heterocycles. The van der Waals surface area contributed by atoms with Crippen molar-refractivity contribution in [2.75, 3.05) is 16.8 Å². The molecule has 7 nitrogen and oxygen atoms in total. The molecule has 4 rings (SSSR count). The summed E-state index contributed by atoms with van der Waals surface area (Å²) in [7, 11) is 0. The number of anilines is 1. The molecule has 0 bridgehead atoms. The van der Waals surface area contributed by atoms with Crippen molar-refractivity contribution < 1.29 is 19.5 Å². The Balaban J connectivity index is 1.40. The molecule has 0 aliphatic carbocycles. The van der Waals surface area contributed by atoms with Crippen LogP contribution in [0.4, 0.5) is 5.69 Å². The van der Waals surface area contributed by atoms with Gasteiger partial charge in [0.1, 0.15) is 6.04 Å². The number of carboxylic acid groups (broad SMARTS) is 1. The average Bonchev–Trinajstić information content (AvgIpc) is 2.94. The van der Waals surface area contributed by atoms with Gasteiger partial charge in [-0.25, -0.2) is 0 Å². The van der Waals surface area contributed by atoms with E-state index >= 15 is 0 Å². The molecule has 0 aliphatic rings. The Bertz CT molecular complexity index is 1460. The molecule has 38 heavy (non-hydrogen) atoms. The summed E-state index contributed by atoms with van der Waals surface area (Å²) in [6, 6.07) is 23.0. The highest BCUT2D eigenvalue weighted by molar-refractivity contribution is 7.99. The summed E-state index contributed by atoms with van der Waals surface area (Å²) >= 11 is 1.35. The highest BCUT2D eigenvalue weighted by atomic mass is 32.2. The summed E-state index contributed by atoms with van der Waals surface area (Å²) < 4.78 is 0. The van der Waals surface area contributed by atoms with E-state index in [2.05, 4.69) is 10.3 Å². The molecular formula is C30H27N3O4S. The number of ketones is 1. The van der Waals surface area contributed by atoms with Crippen molar-refractivity contribution in [2.45, 2.75) is 12.0 Å². The van der Waals surface area contributed by atoms with E-state index in [9.17, 15) is 14.4 Å². The van der Waals surface area contributed by atoms with Crippen molar-refractivity contribution in [3.05, 3.63) is 114 Å². The first kappa shape index (κ1) is 26.8. The molecule has 0 radical (unpaired) electrons. The smallest absolute Gasteiger partial charge is 0.321 e. The van der Waals surface area contributed by atoms with E-state index in [4.69, 9.17) is 10.8 Å². The highest BCUT2D eigenvalue weighted by Gasteiger charge is 2.23. The number of carbonyl (C=O) groups excluding carboxylic acids is 2. The molecule has 0 fully saturated rings. The van der Waals surface area contributed by atoms with Gasteiger partial charge in [-0.3, -0.25) is 19.4 Å². The van der Waals surface area contributed by atoms with Crippen LogP contribution in [0.1, 0.15) is 27.4 Å². The quantitative estimate of drug-likeness (QED) is 0.186. The average molecular weight is 526 g/mol. The van der Waals surface area contributed by atoms with Gasteiger partial charge in [0.05, 0.1) is 5.92 Å². The number of aromatic nitrogens is 1. The van der Waals surface area contributed by atoms with Crippen LogP contribution in [0.25, 0.3) is 16.8 Å². The Morgan fingerprint density at radius 3 is 2.45 bits per heavy atom. The number of carbonyl (C=O) groups is 3. The number of thioether (sulfide) groups is 1. The molecule has 0 spiro atoms. The predicted octanol–water partition coefficient (Wildman–Crippen LogP) is 5.00. The lowest BCUT2D eigenvalue weighted by Gasteiger charge is -2.17. The van der Waals surface area contributed by atoms with Gasteiger partial charge in [0.2, 0.25) is 5.91 Å². The monoisotopic (exact) mass is 525 g/mol. The van der Waals surface area contributed by atoms with Crippen LogP contribution in [0.5, 0.6) is 0 Å². The van der Waals surface area contributed by atoms with Gasteiger partial charge >= 0.3 is 5.97 Å². The van der Waals surface area contributed by atoms with Gasteiger partial charge in [-0.05, 0) is 40.8 Å². The van der Waals surface area contributed by atoms with E-state index in [0.717, 1.165) is 21.9 Å². The van der Waals surface area contributed by atoms with Crippen molar-refractivity contribution >= 4 is 52.0 Å². The van der Waals surface area contributed by atoms with E-state index < -0.39 is 17.9 Å². The molecule has 8 heteroatoms. The molecule has 4 N–H and O–H groups in total. The molecular weight excluding hydrogens is 498 g/mol. The van der Waals surface area contributed by atoms with Crippen LogP contribution in [-0.4, -0.2) is 45.3 Å². The van der Waals surface area contributed by atoms with Gasteiger partial charge in [0.25, 0.3) is 0 Å². The molecule has 1 unspecified atom stereocenters. The number of aliphatic carboxylic acids is 1. The van der Waals surface area contributed by atoms with Gasteiger partial charge in [-0.1, -0.05) is 60.7 Å². The fourth-order valence-electron chi connectivity index (χ4n) is 3.87. The topological polar surface area (TPSA) is 122 Å². The predicted molar refractivity (Wildman–Crippen MR) is 152 cm³/mol. The molecule has 2 atom stereocenters. The number of amides is 1. The number of fused-ring (bicyclic) bond motifs is 1. The number of Topliss-reactive ketones (excluding diaryl/α,β-unsaturated/α-hetero) is 1. The zero-order chi connectivity index (χ0) is 26.9. The number of hydrogen-bond acceptors (Lipinski definition) is 6. The Labute approximate surface area is 224 Å². The maximum Gasteiger partial charge on any atom is 0.321 e. The summed E-state index contributed by atoms with van der Waals surface area (Å²) in [6.45, 7) is 0. The van der Waals surface area contributed by atoms with Gasteiger partial charge in [0, 0.05) is 46.6 Å². The largest absolute Gasteiger partial charge is 0.480 e. The van der Waals surface area contributed by atoms with Crippen molar-refractivity contribution in [3.63, 3.8) is 0 Å².